The van der Waals surface area contributed by atoms with E-state index in [1.807, 2.05) is 30.3 Å². The third-order valence-corrected chi connectivity index (χ3v) is 6.44. The molecular formula is C22H22N3O3S. The highest BCUT2D eigenvalue weighted by Crippen LogP contribution is 2.20. The second-order valence-corrected chi connectivity index (χ2v) is 8.59. The Hall–Kier alpha value is -3.16. The van der Waals surface area contributed by atoms with E-state index in [9.17, 15) is 13.5 Å². The smallest absolute Gasteiger partial charge is 0.243 e. The van der Waals surface area contributed by atoms with Crippen molar-refractivity contribution in [1.82, 2.24) is 4.31 Å². The number of rotatable bonds is 8. The minimum atomic E-state index is -3.76. The number of nitrogens with one attached hydrogen (secondary N) is 1. The minimum absolute atomic E-state index is 0.0759. The summed E-state index contributed by atoms with van der Waals surface area (Å²) in [5.41, 5.74) is 7.70. The Labute approximate surface area is 170 Å². The molecule has 0 aliphatic carbocycles. The molecule has 7 heteroatoms. The lowest BCUT2D eigenvalue weighted by Gasteiger charge is -2.22. The zero-order valence-corrected chi connectivity index (χ0v) is 16.6. The molecule has 0 fully saturated rings. The molecule has 3 aromatic rings. The van der Waals surface area contributed by atoms with Gasteiger partial charge in [-0.15, -0.1) is 0 Å². The van der Waals surface area contributed by atoms with Gasteiger partial charge in [0.05, 0.1) is 4.90 Å². The van der Waals surface area contributed by atoms with Crippen LogP contribution in [0.25, 0.3) is 0 Å². The predicted octanol–water partition coefficient (Wildman–Crippen LogP) is 3.55. The lowest BCUT2D eigenvalue weighted by atomic mass is 10.1. The molecule has 149 valence electrons. The zero-order chi connectivity index (χ0) is 20.9. The number of hydrogen-bond acceptors (Lipinski definition) is 3. The number of sulfonamides is 1. The highest BCUT2D eigenvalue weighted by Gasteiger charge is 2.24. The summed E-state index contributed by atoms with van der Waals surface area (Å²) in [6.07, 6.45) is 0.484. The highest BCUT2D eigenvalue weighted by molar-refractivity contribution is 7.89. The Kier molecular flexibility index (Phi) is 6.31. The summed E-state index contributed by atoms with van der Waals surface area (Å²) in [6, 6.07) is 21.8. The maximum atomic E-state index is 13.3. The van der Waals surface area contributed by atoms with Gasteiger partial charge in [-0.2, -0.15) is 4.31 Å². The fourth-order valence-corrected chi connectivity index (χ4v) is 4.37. The third-order valence-electron chi connectivity index (χ3n) is 4.58. The maximum absolute atomic E-state index is 13.3. The maximum Gasteiger partial charge on any atom is 0.243 e. The van der Waals surface area contributed by atoms with Gasteiger partial charge >= 0.3 is 0 Å². The second-order valence-electron chi connectivity index (χ2n) is 6.66. The van der Waals surface area contributed by atoms with Gasteiger partial charge < -0.3 is 5.73 Å². The molecule has 29 heavy (non-hydrogen) atoms. The first kappa shape index (κ1) is 20.6. The Morgan fingerprint density at radius 3 is 2.07 bits per heavy atom. The average Bonchev–Trinajstić information content (AvgIpc) is 2.73. The first-order valence-corrected chi connectivity index (χ1v) is 10.5. The normalized spacial score (nSPS) is 11.5. The molecule has 3 rings (SSSR count). The molecule has 1 radical (unpaired) electrons. The number of nitrogens with two attached hydrogens (primary N) is 1. The Balaban J connectivity index is 1.87. The van der Waals surface area contributed by atoms with E-state index in [0.29, 0.717) is 12.0 Å². The van der Waals surface area contributed by atoms with E-state index in [0.717, 1.165) is 11.1 Å². The topological polar surface area (TPSA) is 107 Å². The van der Waals surface area contributed by atoms with Crippen LogP contribution in [0.4, 0.5) is 0 Å². The van der Waals surface area contributed by atoms with Gasteiger partial charge in [0.1, 0.15) is 5.84 Å². The lowest BCUT2D eigenvalue weighted by Crippen LogP contribution is -2.32. The summed E-state index contributed by atoms with van der Waals surface area (Å²) in [6.45, 7) is 0.501. The lowest BCUT2D eigenvalue weighted by molar-refractivity contribution is 0.354. The average molecular weight is 409 g/mol. The van der Waals surface area contributed by atoms with E-state index < -0.39 is 10.0 Å². The Morgan fingerprint density at radius 2 is 1.48 bits per heavy atom. The van der Waals surface area contributed by atoms with E-state index >= 15 is 0 Å². The van der Waals surface area contributed by atoms with Gasteiger partial charge in [0.2, 0.25) is 10.0 Å². The molecule has 0 heterocycles. The van der Waals surface area contributed by atoms with Crippen molar-refractivity contribution in [2.24, 2.45) is 5.73 Å². The van der Waals surface area contributed by atoms with E-state index in [1.165, 1.54) is 40.7 Å². The second kappa shape index (κ2) is 8.89. The van der Waals surface area contributed by atoms with Gasteiger partial charge in [-0.05, 0) is 53.9 Å². The number of amidine groups is 1. The summed E-state index contributed by atoms with van der Waals surface area (Å²) in [5, 5.41) is 18.8. The first-order valence-electron chi connectivity index (χ1n) is 9.11. The Bertz CT molecular complexity index is 1060. The molecule has 6 nitrogen and oxygen atoms in total. The van der Waals surface area contributed by atoms with Gasteiger partial charge in [0, 0.05) is 18.7 Å². The van der Waals surface area contributed by atoms with Crippen molar-refractivity contribution in [2.45, 2.75) is 17.9 Å². The van der Waals surface area contributed by atoms with Crippen molar-refractivity contribution in [3.05, 3.63) is 95.6 Å². The van der Waals surface area contributed by atoms with E-state index in [4.69, 9.17) is 11.1 Å². The van der Waals surface area contributed by atoms with Crippen LogP contribution in [0.1, 0.15) is 16.7 Å². The first-order chi connectivity index (χ1) is 13.9. The van der Waals surface area contributed by atoms with Gasteiger partial charge in [-0.25, -0.2) is 8.42 Å². The molecule has 3 N–H and O–H groups in total. The molecule has 0 saturated carbocycles. The van der Waals surface area contributed by atoms with E-state index in [2.05, 4.69) is 0 Å². The molecule has 0 amide bonds. The molecule has 0 atom stereocenters. The molecule has 0 saturated heterocycles. The van der Waals surface area contributed by atoms with Crippen LogP contribution in [0.2, 0.25) is 0 Å². The van der Waals surface area contributed by atoms with Crippen molar-refractivity contribution in [3.8, 4) is 5.75 Å². The van der Waals surface area contributed by atoms with Crippen LogP contribution < -0.4 is 5.73 Å². The number of nitrogen functional groups attached to an aromatic ring is 1. The largest absolute Gasteiger partial charge is 0.384 e. The summed E-state index contributed by atoms with van der Waals surface area (Å²) >= 11 is 0. The summed E-state index contributed by atoms with van der Waals surface area (Å²) < 4.78 is 28.0. The molecule has 0 unspecified atom stereocenters. The van der Waals surface area contributed by atoms with Crippen LogP contribution in [-0.4, -0.2) is 25.1 Å². The monoisotopic (exact) mass is 408 g/mol. The van der Waals surface area contributed by atoms with Crippen molar-refractivity contribution < 1.29 is 13.5 Å². The van der Waals surface area contributed by atoms with Crippen LogP contribution in [0.15, 0.2) is 83.8 Å². The van der Waals surface area contributed by atoms with Gasteiger partial charge in [0.15, 0.2) is 5.75 Å². The van der Waals surface area contributed by atoms with E-state index in [-0.39, 0.29) is 29.6 Å². The molecule has 0 bridgehead atoms. The number of benzene rings is 3. The molecule has 0 aliphatic heterocycles. The Morgan fingerprint density at radius 1 is 0.862 bits per heavy atom. The van der Waals surface area contributed by atoms with Crippen LogP contribution in [-0.2, 0) is 28.1 Å². The molecule has 0 aliphatic rings. The number of hydrogen-bond donors (Lipinski definition) is 2. The summed E-state index contributed by atoms with van der Waals surface area (Å²) in [5.74, 6) is -0.190. The molecule has 0 aromatic heterocycles. The predicted molar refractivity (Wildman–Crippen MR) is 112 cm³/mol. The van der Waals surface area contributed by atoms with Crippen molar-refractivity contribution in [3.63, 3.8) is 0 Å². The van der Waals surface area contributed by atoms with Crippen LogP contribution in [0, 0.1) is 5.41 Å². The van der Waals surface area contributed by atoms with Crippen molar-refractivity contribution in [1.29, 1.82) is 5.41 Å². The third kappa shape index (κ3) is 5.22. The fraction of sp³-hybridized carbons (Fsp3) is 0.136. The summed E-state index contributed by atoms with van der Waals surface area (Å²) in [7, 11) is -3.76. The van der Waals surface area contributed by atoms with Crippen LogP contribution >= 0.6 is 0 Å². The van der Waals surface area contributed by atoms with E-state index in [1.54, 1.807) is 12.1 Å². The van der Waals surface area contributed by atoms with Gasteiger partial charge in [-0.3, -0.25) is 10.5 Å². The van der Waals surface area contributed by atoms with Gasteiger partial charge in [-0.1, -0.05) is 42.5 Å². The van der Waals surface area contributed by atoms with Crippen LogP contribution in [0.5, 0.6) is 5.75 Å². The quantitative estimate of drug-likeness (QED) is 0.439. The SMILES string of the molecule is N=C(N)c1ccc(S(=O)(=O)N(CCc2ccc([O])cc2)Cc2ccccc2)cc1. The standard InChI is InChI=1S/C22H22N3O3S/c23-22(24)19-8-12-21(13-9-19)29(27,28)25(16-18-4-2-1-3-5-18)15-14-17-6-10-20(26)11-7-17/h1-13H,14-16H2,(H3,23,24). The fourth-order valence-electron chi connectivity index (χ4n) is 2.94. The van der Waals surface area contributed by atoms with Crippen molar-refractivity contribution >= 4 is 15.9 Å². The molecule has 3 aromatic carbocycles. The van der Waals surface area contributed by atoms with Crippen LogP contribution in [0.3, 0.4) is 0 Å². The zero-order valence-electron chi connectivity index (χ0n) is 15.8. The molecular weight excluding hydrogens is 386 g/mol. The highest BCUT2D eigenvalue weighted by atomic mass is 32.2. The number of nitrogens with zero attached hydrogens (tertiary/aromatic N) is 1. The molecule has 0 spiro atoms. The minimum Gasteiger partial charge on any atom is -0.384 e. The van der Waals surface area contributed by atoms with Gasteiger partial charge in [0.25, 0.3) is 0 Å². The van der Waals surface area contributed by atoms with Crippen molar-refractivity contribution in [2.75, 3.05) is 6.54 Å². The summed E-state index contributed by atoms with van der Waals surface area (Å²) in [4.78, 5) is 0.147.